The lowest BCUT2D eigenvalue weighted by atomic mass is 9.88. The Morgan fingerprint density at radius 1 is 0.889 bits per heavy atom. The second-order valence-corrected chi connectivity index (χ2v) is 10.3. The Kier molecular flexibility index (Phi) is 8.91. The van der Waals surface area contributed by atoms with Crippen LogP contribution in [0.5, 0.6) is 0 Å². The first kappa shape index (κ1) is 26.5. The summed E-state index contributed by atoms with van der Waals surface area (Å²) in [7, 11) is 0. The lowest BCUT2D eigenvalue weighted by Crippen LogP contribution is -2.42. The van der Waals surface area contributed by atoms with Crippen molar-refractivity contribution < 1.29 is 14.7 Å². The Hall–Kier alpha value is -2.57. The first-order valence-corrected chi connectivity index (χ1v) is 13.0. The van der Waals surface area contributed by atoms with Gasteiger partial charge in [-0.05, 0) is 72.8 Å². The van der Waals surface area contributed by atoms with Crippen molar-refractivity contribution in [2.45, 2.75) is 37.8 Å². The molecule has 1 aliphatic rings. The molecule has 1 atom stereocenters. The van der Waals surface area contributed by atoms with E-state index in [9.17, 15) is 14.7 Å². The van der Waals surface area contributed by atoms with Crippen molar-refractivity contribution in [1.82, 2.24) is 10.2 Å². The predicted molar refractivity (Wildman–Crippen MR) is 144 cm³/mol. The number of nitrogens with zero attached hydrogens (tertiary/aromatic N) is 1. The van der Waals surface area contributed by atoms with Crippen molar-refractivity contribution in [2.75, 3.05) is 13.1 Å². The fourth-order valence-corrected chi connectivity index (χ4v) is 5.27. The van der Waals surface area contributed by atoms with Gasteiger partial charge in [0, 0.05) is 18.0 Å². The van der Waals surface area contributed by atoms with Crippen LogP contribution < -0.4 is 5.32 Å². The normalized spacial score (nSPS) is 15.4. The number of piperidine rings is 1. The van der Waals surface area contributed by atoms with Crippen molar-refractivity contribution in [1.29, 1.82) is 0 Å². The summed E-state index contributed by atoms with van der Waals surface area (Å²) in [6.45, 7) is 2.96. The minimum atomic E-state index is -1.12. The van der Waals surface area contributed by atoms with E-state index in [4.69, 9.17) is 34.8 Å². The zero-order valence-corrected chi connectivity index (χ0v) is 21.9. The van der Waals surface area contributed by atoms with E-state index >= 15 is 0 Å². The third-order valence-electron chi connectivity index (χ3n) is 6.59. The highest BCUT2D eigenvalue weighted by Gasteiger charge is 2.25. The van der Waals surface area contributed by atoms with Crippen molar-refractivity contribution in [2.24, 2.45) is 0 Å². The third kappa shape index (κ3) is 6.80. The van der Waals surface area contributed by atoms with Crippen LogP contribution in [0.4, 0.5) is 0 Å². The summed E-state index contributed by atoms with van der Waals surface area (Å²) >= 11 is 18.2. The number of rotatable bonds is 8. The van der Waals surface area contributed by atoms with Crippen LogP contribution in [0.25, 0.3) is 0 Å². The number of halogens is 3. The van der Waals surface area contributed by atoms with Crippen LogP contribution in [-0.4, -0.2) is 41.0 Å². The topological polar surface area (TPSA) is 69.6 Å². The molecule has 0 unspecified atom stereocenters. The number of hydrogen-bond acceptors (Lipinski definition) is 3. The summed E-state index contributed by atoms with van der Waals surface area (Å²) in [5, 5.41) is 13.3. The van der Waals surface area contributed by atoms with Crippen LogP contribution in [0.1, 0.15) is 45.8 Å². The van der Waals surface area contributed by atoms with E-state index in [2.05, 4.69) is 34.5 Å². The van der Waals surface area contributed by atoms with Crippen LogP contribution in [0.3, 0.4) is 0 Å². The lowest BCUT2D eigenvalue weighted by molar-refractivity contribution is -0.139. The number of aliphatic carboxylic acids is 1. The highest BCUT2D eigenvalue weighted by molar-refractivity contribution is 6.39. The zero-order chi connectivity index (χ0) is 25.7. The number of benzene rings is 3. The van der Waals surface area contributed by atoms with Gasteiger partial charge < -0.3 is 10.4 Å². The van der Waals surface area contributed by atoms with E-state index in [1.165, 1.54) is 11.1 Å². The number of carbonyl (C=O) groups is 2. The molecular weight excluding hydrogens is 519 g/mol. The van der Waals surface area contributed by atoms with E-state index < -0.39 is 17.9 Å². The van der Waals surface area contributed by atoms with E-state index in [-0.39, 0.29) is 22.0 Å². The Balaban J connectivity index is 1.33. The molecule has 0 radical (unpaired) electrons. The van der Waals surface area contributed by atoms with Gasteiger partial charge in [0.15, 0.2) is 0 Å². The average molecular weight is 546 g/mol. The molecule has 0 aromatic heterocycles. The SMILES string of the molecule is O=C(N[C@@H](Cc1ccc(C2CCN(Cc3ccc(Cl)cc3)CC2)cc1)C(=O)O)c1c(Cl)cccc1Cl. The van der Waals surface area contributed by atoms with Crippen molar-refractivity contribution in [3.63, 3.8) is 0 Å². The first-order valence-electron chi connectivity index (χ1n) is 11.8. The largest absolute Gasteiger partial charge is 0.480 e. The highest BCUT2D eigenvalue weighted by Crippen LogP contribution is 2.29. The smallest absolute Gasteiger partial charge is 0.326 e. The van der Waals surface area contributed by atoms with Crippen LogP contribution >= 0.6 is 34.8 Å². The Bertz CT molecular complexity index is 1190. The van der Waals surface area contributed by atoms with Crippen LogP contribution in [0.15, 0.2) is 66.7 Å². The van der Waals surface area contributed by atoms with Gasteiger partial charge in [-0.3, -0.25) is 9.69 Å². The van der Waals surface area contributed by atoms with Gasteiger partial charge in [-0.25, -0.2) is 4.79 Å². The molecule has 0 spiro atoms. The minimum Gasteiger partial charge on any atom is -0.480 e. The summed E-state index contributed by atoms with van der Waals surface area (Å²) in [6, 6.07) is 19.6. The van der Waals surface area contributed by atoms with Gasteiger partial charge in [0.1, 0.15) is 6.04 Å². The van der Waals surface area contributed by atoms with Gasteiger partial charge in [-0.2, -0.15) is 0 Å². The van der Waals surface area contributed by atoms with Gasteiger partial charge in [0.05, 0.1) is 15.6 Å². The molecular formula is C28H27Cl3N2O3. The number of carbonyl (C=O) groups excluding carboxylic acids is 1. The fourth-order valence-electron chi connectivity index (χ4n) is 4.58. The van der Waals surface area contributed by atoms with Crippen molar-refractivity contribution in [3.8, 4) is 0 Å². The van der Waals surface area contributed by atoms with E-state index in [0.717, 1.165) is 43.1 Å². The number of amides is 1. The minimum absolute atomic E-state index is 0.0739. The maximum Gasteiger partial charge on any atom is 0.326 e. The average Bonchev–Trinajstić information content (AvgIpc) is 2.86. The zero-order valence-electron chi connectivity index (χ0n) is 19.6. The van der Waals surface area contributed by atoms with Gasteiger partial charge >= 0.3 is 5.97 Å². The molecule has 3 aromatic carbocycles. The highest BCUT2D eigenvalue weighted by atomic mass is 35.5. The summed E-state index contributed by atoms with van der Waals surface area (Å²) in [5.41, 5.74) is 3.42. The van der Waals surface area contributed by atoms with Gasteiger partial charge in [-0.15, -0.1) is 0 Å². The van der Waals surface area contributed by atoms with E-state index in [1.807, 2.05) is 24.3 Å². The second-order valence-electron chi connectivity index (χ2n) is 9.08. The Labute approximate surface area is 226 Å². The molecule has 1 heterocycles. The summed E-state index contributed by atoms with van der Waals surface area (Å²) in [5.74, 6) is -1.26. The molecule has 4 rings (SSSR count). The van der Waals surface area contributed by atoms with Crippen LogP contribution in [-0.2, 0) is 17.8 Å². The summed E-state index contributed by atoms with van der Waals surface area (Å²) in [6.07, 6.45) is 2.29. The van der Waals surface area contributed by atoms with E-state index in [0.29, 0.717) is 5.92 Å². The van der Waals surface area contributed by atoms with Gasteiger partial charge in [-0.1, -0.05) is 77.3 Å². The molecule has 36 heavy (non-hydrogen) atoms. The van der Waals surface area contributed by atoms with Crippen LogP contribution in [0.2, 0.25) is 15.1 Å². The molecule has 1 amide bonds. The Morgan fingerprint density at radius 2 is 1.47 bits per heavy atom. The molecule has 2 N–H and O–H groups in total. The first-order chi connectivity index (χ1) is 17.3. The molecule has 188 valence electrons. The number of hydrogen-bond donors (Lipinski definition) is 2. The molecule has 1 saturated heterocycles. The number of carboxylic acids is 1. The third-order valence-corrected chi connectivity index (χ3v) is 7.47. The predicted octanol–water partition coefficient (Wildman–Crippen LogP) is 6.45. The number of nitrogens with one attached hydrogen (secondary N) is 1. The molecule has 5 nitrogen and oxygen atoms in total. The lowest BCUT2D eigenvalue weighted by Gasteiger charge is -2.32. The molecule has 0 saturated carbocycles. The van der Waals surface area contributed by atoms with Crippen molar-refractivity contribution >= 4 is 46.7 Å². The van der Waals surface area contributed by atoms with Gasteiger partial charge in [0.2, 0.25) is 0 Å². The summed E-state index contributed by atoms with van der Waals surface area (Å²) < 4.78 is 0. The number of carboxylic acid groups (broad SMARTS) is 1. The van der Waals surface area contributed by atoms with Crippen molar-refractivity contribution in [3.05, 3.63) is 104 Å². The quantitative estimate of drug-likeness (QED) is 0.341. The molecule has 1 aliphatic heterocycles. The standard InChI is InChI=1S/C28H27Cl3N2O3/c29-22-10-6-19(7-11-22)17-33-14-12-21(13-15-33)20-8-4-18(5-9-20)16-25(28(35)36)32-27(34)26-23(30)2-1-3-24(26)31/h1-11,21,25H,12-17H2,(H,32,34)(H,35,36)/t25-/m0/s1. The fraction of sp³-hybridized carbons (Fsp3) is 0.286. The van der Waals surface area contributed by atoms with Crippen LogP contribution in [0, 0.1) is 0 Å². The Morgan fingerprint density at radius 3 is 2.06 bits per heavy atom. The second kappa shape index (κ2) is 12.1. The molecule has 3 aromatic rings. The molecule has 0 aliphatic carbocycles. The monoisotopic (exact) mass is 544 g/mol. The molecule has 1 fully saturated rings. The summed E-state index contributed by atoms with van der Waals surface area (Å²) in [4.78, 5) is 27.0. The maximum absolute atomic E-state index is 12.7. The molecule has 0 bridgehead atoms. The van der Waals surface area contributed by atoms with E-state index in [1.54, 1.807) is 18.2 Å². The molecule has 8 heteroatoms. The number of likely N-dealkylation sites (tertiary alicyclic amines) is 1. The maximum atomic E-state index is 12.7. The van der Waals surface area contributed by atoms with Gasteiger partial charge in [0.25, 0.3) is 5.91 Å².